The molecule has 0 saturated heterocycles. The first-order chi connectivity index (χ1) is 11.9. The lowest BCUT2D eigenvalue weighted by atomic mass is 9.82. The SMILES string of the molecule is COc1cccc(Cl)c1CC(=O)NCC(C)(C(=O)O)c1ccccc1. The number of carbonyl (C=O) groups is 2. The van der Waals surface area contributed by atoms with Crippen molar-refractivity contribution in [3.05, 3.63) is 64.7 Å². The molecule has 132 valence electrons. The minimum atomic E-state index is -1.22. The molecule has 0 saturated carbocycles. The summed E-state index contributed by atoms with van der Waals surface area (Å²) in [6.07, 6.45) is 0.00728. The van der Waals surface area contributed by atoms with Crippen LogP contribution in [0.25, 0.3) is 0 Å². The Kier molecular flexibility index (Phi) is 6.04. The third-order valence-electron chi connectivity index (χ3n) is 4.16. The van der Waals surface area contributed by atoms with Crippen molar-refractivity contribution in [3.63, 3.8) is 0 Å². The number of carbonyl (C=O) groups excluding carboxylic acids is 1. The third-order valence-corrected chi connectivity index (χ3v) is 4.51. The van der Waals surface area contributed by atoms with Crippen LogP contribution in [-0.4, -0.2) is 30.6 Å². The van der Waals surface area contributed by atoms with Crippen LogP contribution in [-0.2, 0) is 21.4 Å². The maximum Gasteiger partial charge on any atom is 0.315 e. The van der Waals surface area contributed by atoms with Crippen LogP contribution >= 0.6 is 11.6 Å². The van der Waals surface area contributed by atoms with Crippen LogP contribution < -0.4 is 10.1 Å². The molecule has 5 nitrogen and oxygen atoms in total. The number of carboxylic acid groups (broad SMARTS) is 1. The van der Waals surface area contributed by atoms with Crippen molar-refractivity contribution < 1.29 is 19.4 Å². The second-order valence-corrected chi connectivity index (χ2v) is 6.28. The van der Waals surface area contributed by atoms with Gasteiger partial charge in [0.2, 0.25) is 5.91 Å². The highest BCUT2D eigenvalue weighted by atomic mass is 35.5. The molecule has 0 aliphatic heterocycles. The first-order valence-electron chi connectivity index (χ1n) is 7.75. The van der Waals surface area contributed by atoms with E-state index < -0.39 is 11.4 Å². The topological polar surface area (TPSA) is 75.6 Å². The molecule has 6 heteroatoms. The lowest BCUT2D eigenvalue weighted by Gasteiger charge is -2.25. The van der Waals surface area contributed by atoms with E-state index in [-0.39, 0.29) is 18.9 Å². The van der Waals surface area contributed by atoms with Gasteiger partial charge in [0.25, 0.3) is 0 Å². The van der Waals surface area contributed by atoms with Crippen molar-refractivity contribution in [1.29, 1.82) is 0 Å². The molecule has 0 radical (unpaired) electrons. The molecule has 1 amide bonds. The smallest absolute Gasteiger partial charge is 0.315 e. The number of halogens is 1. The van der Waals surface area contributed by atoms with Crippen molar-refractivity contribution in [3.8, 4) is 5.75 Å². The summed E-state index contributed by atoms with van der Waals surface area (Å²) in [7, 11) is 1.50. The van der Waals surface area contributed by atoms with Gasteiger partial charge < -0.3 is 15.2 Å². The zero-order chi connectivity index (χ0) is 18.4. The lowest BCUT2D eigenvalue weighted by molar-refractivity contribution is -0.143. The minimum absolute atomic E-state index is 0.00728. The molecule has 2 rings (SSSR count). The number of carboxylic acids is 1. The fraction of sp³-hybridized carbons (Fsp3) is 0.263. The fourth-order valence-electron chi connectivity index (χ4n) is 2.51. The molecule has 2 aromatic rings. The highest BCUT2D eigenvalue weighted by molar-refractivity contribution is 6.31. The van der Waals surface area contributed by atoms with Crippen molar-refractivity contribution >= 4 is 23.5 Å². The van der Waals surface area contributed by atoms with Crippen molar-refractivity contribution in [2.45, 2.75) is 18.8 Å². The molecule has 0 bridgehead atoms. The van der Waals surface area contributed by atoms with Gasteiger partial charge in [0.1, 0.15) is 11.2 Å². The van der Waals surface area contributed by atoms with Gasteiger partial charge in [-0.2, -0.15) is 0 Å². The summed E-state index contributed by atoms with van der Waals surface area (Å²) in [5.41, 5.74) is -0.0272. The highest BCUT2D eigenvalue weighted by Crippen LogP contribution is 2.27. The van der Waals surface area contributed by atoms with Gasteiger partial charge in [0, 0.05) is 17.1 Å². The second kappa shape index (κ2) is 8.03. The third kappa shape index (κ3) is 4.31. The van der Waals surface area contributed by atoms with E-state index in [1.165, 1.54) is 7.11 Å². The van der Waals surface area contributed by atoms with E-state index in [4.69, 9.17) is 16.3 Å². The van der Waals surface area contributed by atoms with E-state index >= 15 is 0 Å². The minimum Gasteiger partial charge on any atom is -0.496 e. The van der Waals surface area contributed by atoms with Gasteiger partial charge in [-0.05, 0) is 24.6 Å². The average molecular weight is 362 g/mol. The molecule has 2 N–H and O–H groups in total. The maximum absolute atomic E-state index is 12.3. The van der Waals surface area contributed by atoms with Gasteiger partial charge in [0.15, 0.2) is 0 Å². The maximum atomic E-state index is 12.3. The normalized spacial score (nSPS) is 12.9. The summed E-state index contributed by atoms with van der Waals surface area (Å²) >= 11 is 6.13. The number of nitrogens with one attached hydrogen (secondary N) is 1. The molecule has 2 aromatic carbocycles. The van der Waals surface area contributed by atoms with Crippen LogP contribution in [0.4, 0.5) is 0 Å². The van der Waals surface area contributed by atoms with Crippen molar-refractivity contribution in [2.24, 2.45) is 0 Å². The molecule has 0 aliphatic carbocycles. The van der Waals surface area contributed by atoms with Gasteiger partial charge in [-0.1, -0.05) is 48.0 Å². The van der Waals surface area contributed by atoms with Gasteiger partial charge in [0.05, 0.1) is 13.5 Å². The molecular weight excluding hydrogens is 342 g/mol. The number of hydrogen-bond donors (Lipinski definition) is 2. The predicted octanol–water partition coefficient (Wildman–Crippen LogP) is 3.05. The zero-order valence-corrected chi connectivity index (χ0v) is 14.8. The van der Waals surface area contributed by atoms with Crippen molar-refractivity contribution in [1.82, 2.24) is 5.32 Å². The molecule has 0 aliphatic rings. The van der Waals surface area contributed by atoms with Crippen LogP contribution in [0.5, 0.6) is 5.75 Å². The fourth-order valence-corrected chi connectivity index (χ4v) is 2.74. The first-order valence-corrected chi connectivity index (χ1v) is 8.13. The Hall–Kier alpha value is -2.53. The van der Waals surface area contributed by atoms with E-state index in [1.54, 1.807) is 49.4 Å². The number of ether oxygens (including phenoxy) is 1. The Bertz CT molecular complexity index is 763. The highest BCUT2D eigenvalue weighted by Gasteiger charge is 2.35. The van der Waals surface area contributed by atoms with Crippen LogP contribution in [0.1, 0.15) is 18.1 Å². The number of methoxy groups -OCH3 is 1. The Labute approximate surface area is 151 Å². The monoisotopic (exact) mass is 361 g/mol. The number of rotatable bonds is 7. The van der Waals surface area contributed by atoms with E-state index in [1.807, 2.05) is 6.07 Å². The van der Waals surface area contributed by atoms with Gasteiger partial charge in [-0.25, -0.2) is 0 Å². The quantitative estimate of drug-likeness (QED) is 0.794. The standard InChI is InChI=1S/C19H20ClNO4/c1-19(18(23)24,13-7-4-3-5-8-13)12-21-17(22)11-14-15(20)9-6-10-16(14)25-2/h3-10H,11-12H2,1-2H3,(H,21,22)(H,23,24). The summed E-state index contributed by atoms with van der Waals surface area (Å²) in [4.78, 5) is 24.1. The summed E-state index contributed by atoms with van der Waals surface area (Å²) in [5.74, 6) is -0.809. The molecule has 0 aromatic heterocycles. The predicted molar refractivity (Wildman–Crippen MR) is 96.1 cm³/mol. The largest absolute Gasteiger partial charge is 0.496 e. The molecular formula is C19H20ClNO4. The summed E-state index contributed by atoms with van der Waals surface area (Å²) in [6.45, 7) is 1.55. The summed E-state index contributed by atoms with van der Waals surface area (Å²) in [5, 5.41) is 12.7. The Morgan fingerprint density at radius 3 is 2.44 bits per heavy atom. The van der Waals surface area contributed by atoms with Crippen LogP contribution in [0.15, 0.2) is 48.5 Å². The molecule has 0 heterocycles. The van der Waals surface area contributed by atoms with Crippen LogP contribution in [0, 0.1) is 0 Å². The number of aliphatic carboxylic acids is 1. The molecule has 0 fully saturated rings. The summed E-state index contributed by atoms with van der Waals surface area (Å²) < 4.78 is 5.22. The molecule has 1 atom stereocenters. The number of hydrogen-bond acceptors (Lipinski definition) is 3. The van der Waals surface area contributed by atoms with Gasteiger partial charge >= 0.3 is 5.97 Å². The number of benzene rings is 2. The Morgan fingerprint density at radius 1 is 1.16 bits per heavy atom. The van der Waals surface area contributed by atoms with Crippen LogP contribution in [0.2, 0.25) is 5.02 Å². The van der Waals surface area contributed by atoms with Gasteiger partial charge in [-0.15, -0.1) is 0 Å². The van der Waals surface area contributed by atoms with E-state index in [0.29, 0.717) is 21.9 Å². The Balaban J connectivity index is 2.12. The van der Waals surface area contributed by atoms with E-state index in [2.05, 4.69) is 5.32 Å². The lowest BCUT2D eigenvalue weighted by Crippen LogP contribution is -2.44. The first kappa shape index (κ1) is 18.8. The molecule has 0 spiro atoms. The average Bonchev–Trinajstić information content (AvgIpc) is 2.62. The second-order valence-electron chi connectivity index (χ2n) is 5.88. The molecule has 25 heavy (non-hydrogen) atoms. The number of amides is 1. The van der Waals surface area contributed by atoms with Gasteiger partial charge in [-0.3, -0.25) is 9.59 Å². The Morgan fingerprint density at radius 2 is 1.84 bits per heavy atom. The van der Waals surface area contributed by atoms with Crippen molar-refractivity contribution in [2.75, 3.05) is 13.7 Å². The summed E-state index contributed by atoms with van der Waals surface area (Å²) in [6, 6.07) is 14.0. The molecule has 1 unspecified atom stereocenters. The van der Waals surface area contributed by atoms with E-state index in [0.717, 1.165) is 0 Å². The van der Waals surface area contributed by atoms with E-state index in [9.17, 15) is 14.7 Å². The van der Waals surface area contributed by atoms with Crippen LogP contribution in [0.3, 0.4) is 0 Å². The zero-order valence-electron chi connectivity index (χ0n) is 14.1.